The minimum absolute atomic E-state index is 0.0392. The largest absolute Gasteiger partial charge is 0.395 e. The van der Waals surface area contributed by atoms with Gasteiger partial charge in [0.25, 0.3) is 5.91 Å². The van der Waals surface area contributed by atoms with Gasteiger partial charge in [-0.3, -0.25) is 14.7 Å². The number of likely N-dealkylation sites (tertiary alicyclic amines) is 2. The molecule has 3 aromatic rings. The predicted molar refractivity (Wildman–Crippen MR) is 155 cm³/mol. The third kappa shape index (κ3) is 6.10. The molecule has 7 heteroatoms. The summed E-state index contributed by atoms with van der Waals surface area (Å²) in [7, 11) is 1.97. The fraction of sp³-hybridized carbons (Fsp3) is 0.531. The first-order valence-corrected chi connectivity index (χ1v) is 14.8. The number of imidazole rings is 1. The topological polar surface area (TPSA) is 74.5 Å². The van der Waals surface area contributed by atoms with E-state index in [0.29, 0.717) is 11.7 Å². The highest BCUT2D eigenvalue weighted by atomic mass is 16.3. The zero-order valence-corrected chi connectivity index (χ0v) is 23.6. The SMILES string of the molecule is CCCCCCc1cccc(-c2nc(-c3ccncc3)c(C(=O)N3CCC(N4CCCC4CO)CC3)n2C)c1. The second-order valence-electron chi connectivity index (χ2n) is 11.2. The molecular formula is C32H43N5O2. The smallest absolute Gasteiger partial charge is 0.272 e. The van der Waals surface area contributed by atoms with Crippen LogP contribution in [0.15, 0.2) is 48.8 Å². The maximum atomic E-state index is 14.1. The molecule has 0 aliphatic carbocycles. The first-order valence-electron chi connectivity index (χ1n) is 14.8. The molecule has 0 radical (unpaired) electrons. The molecule has 4 heterocycles. The second kappa shape index (κ2) is 12.9. The van der Waals surface area contributed by atoms with E-state index in [2.05, 4.69) is 41.1 Å². The molecular weight excluding hydrogens is 486 g/mol. The summed E-state index contributed by atoms with van der Waals surface area (Å²) in [5, 5.41) is 9.78. The van der Waals surface area contributed by atoms with Crippen molar-refractivity contribution in [3.05, 3.63) is 60.0 Å². The Morgan fingerprint density at radius 1 is 1.00 bits per heavy atom. The first-order chi connectivity index (χ1) is 19.1. The molecule has 2 saturated heterocycles. The molecule has 1 aromatic carbocycles. The van der Waals surface area contributed by atoms with E-state index < -0.39 is 0 Å². The molecule has 0 spiro atoms. The Labute approximate surface area is 232 Å². The van der Waals surface area contributed by atoms with Gasteiger partial charge in [0, 0.05) is 55.7 Å². The van der Waals surface area contributed by atoms with Gasteiger partial charge in [-0.15, -0.1) is 0 Å². The van der Waals surface area contributed by atoms with Crippen LogP contribution in [0.25, 0.3) is 22.6 Å². The van der Waals surface area contributed by atoms with Gasteiger partial charge in [0.05, 0.1) is 6.61 Å². The summed E-state index contributed by atoms with van der Waals surface area (Å²) in [6.45, 7) is 4.97. The van der Waals surface area contributed by atoms with Gasteiger partial charge in [-0.05, 0) is 68.8 Å². The quantitative estimate of drug-likeness (QED) is 0.359. The highest BCUT2D eigenvalue weighted by Gasteiger charge is 2.35. The molecule has 39 heavy (non-hydrogen) atoms. The number of aliphatic hydroxyl groups excluding tert-OH is 1. The number of amides is 1. The minimum atomic E-state index is 0.0392. The number of pyridine rings is 1. The van der Waals surface area contributed by atoms with Gasteiger partial charge >= 0.3 is 0 Å². The number of aromatic nitrogens is 3. The number of piperidine rings is 1. The van der Waals surface area contributed by atoms with Crippen LogP contribution < -0.4 is 0 Å². The van der Waals surface area contributed by atoms with Crippen LogP contribution in [0.2, 0.25) is 0 Å². The third-order valence-corrected chi connectivity index (χ3v) is 8.61. The Morgan fingerprint density at radius 2 is 1.79 bits per heavy atom. The van der Waals surface area contributed by atoms with Crippen LogP contribution >= 0.6 is 0 Å². The molecule has 5 rings (SSSR count). The molecule has 2 aliphatic rings. The van der Waals surface area contributed by atoms with Crippen LogP contribution in [-0.4, -0.2) is 73.7 Å². The van der Waals surface area contributed by atoms with Crippen molar-refractivity contribution in [2.24, 2.45) is 7.05 Å². The fourth-order valence-corrected chi connectivity index (χ4v) is 6.42. The number of unbranched alkanes of at least 4 members (excludes halogenated alkanes) is 3. The summed E-state index contributed by atoms with van der Waals surface area (Å²) in [6, 6.07) is 13.2. The average Bonchev–Trinajstić information content (AvgIpc) is 3.60. The minimum Gasteiger partial charge on any atom is -0.395 e. The lowest BCUT2D eigenvalue weighted by Crippen LogP contribution is -2.49. The van der Waals surface area contributed by atoms with E-state index in [1.165, 1.54) is 31.2 Å². The number of hydrogen-bond acceptors (Lipinski definition) is 5. The monoisotopic (exact) mass is 529 g/mol. The maximum Gasteiger partial charge on any atom is 0.272 e. The van der Waals surface area contributed by atoms with E-state index in [1.807, 2.05) is 28.6 Å². The van der Waals surface area contributed by atoms with E-state index in [1.54, 1.807) is 12.4 Å². The van der Waals surface area contributed by atoms with Crippen molar-refractivity contribution in [2.75, 3.05) is 26.2 Å². The Morgan fingerprint density at radius 3 is 2.54 bits per heavy atom. The van der Waals surface area contributed by atoms with Gasteiger partial charge in [0.15, 0.2) is 0 Å². The van der Waals surface area contributed by atoms with Crippen molar-refractivity contribution in [3.8, 4) is 22.6 Å². The van der Waals surface area contributed by atoms with Crippen LogP contribution in [0.1, 0.15) is 74.3 Å². The number of aliphatic hydroxyl groups is 1. The van der Waals surface area contributed by atoms with Crippen molar-refractivity contribution in [1.29, 1.82) is 0 Å². The molecule has 1 unspecified atom stereocenters. The molecule has 2 aromatic heterocycles. The molecule has 7 nitrogen and oxygen atoms in total. The number of carbonyl (C=O) groups is 1. The van der Waals surface area contributed by atoms with Gasteiger partial charge in [-0.1, -0.05) is 44.4 Å². The third-order valence-electron chi connectivity index (χ3n) is 8.61. The molecule has 2 aliphatic heterocycles. The van der Waals surface area contributed by atoms with E-state index in [0.717, 1.165) is 74.4 Å². The molecule has 1 N–H and O–H groups in total. The maximum absolute atomic E-state index is 14.1. The lowest BCUT2D eigenvalue weighted by atomic mass is 10.0. The van der Waals surface area contributed by atoms with E-state index in [-0.39, 0.29) is 18.6 Å². The number of benzene rings is 1. The number of carbonyl (C=O) groups excluding carboxylic acids is 1. The molecule has 208 valence electrons. The van der Waals surface area contributed by atoms with Crippen LogP contribution in [-0.2, 0) is 13.5 Å². The zero-order chi connectivity index (χ0) is 27.2. The standard InChI is InChI=1S/C32H43N5O2/c1-3-4-5-6-9-24-10-7-11-26(22-24)31-34-29(25-13-17-33-18-14-25)30(35(31)2)32(39)36-20-15-27(16-21-36)37-19-8-12-28(37)23-38/h7,10-11,13-14,17-18,22,27-28,38H,3-6,8-9,12,15-16,19-21,23H2,1-2H3. The first kappa shape index (κ1) is 27.5. The van der Waals surface area contributed by atoms with Crippen LogP contribution in [0.3, 0.4) is 0 Å². The van der Waals surface area contributed by atoms with Crippen molar-refractivity contribution in [1.82, 2.24) is 24.3 Å². The summed E-state index contributed by atoms with van der Waals surface area (Å²) in [6.07, 6.45) is 13.6. The van der Waals surface area contributed by atoms with Gasteiger partial charge in [-0.2, -0.15) is 0 Å². The number of hydrogen-bond donors (Lipinski definition) is 1. The highest BCUT2D eigenvalue weighted by molar-refractivity contribution is 5.99. The molecule has 0 saturated carbocycles. The molecule has 2 fully saturated rings. The zero-order valence-electron chi connectivity index (χ0n) is 23.6. The summed E-state index contributed by atoms with van der Waals surface area (Å²) >= 11 is 0. The Bertz CT molecular complexity index is 1230. The summed E-state index contributed by atoms with van der Waals surface area (Å²) in [4.78, 5) is 27.8. The van der Waals surface area contributed by atoms with Gasteiger partial charge in [-0.25, -0.2) is 4.98 Å². The normalized spacial score (nSPS) is 18.6. The van der Waals surface area contributed by atoms with E-state index in [4.69, 9.17) is 4.98 Å². The molecule has 0 bridgehead atoms. The predicted octanol–water partition coefficient (Wildman–Crippen LogP) is 5.33. The highest BCUT2D eigenvalue weighted by Crippen LogP contribution is 2.32. The van der Waals surface area contributed by atoms with Gasteiger partial charge in [0.2, 0.25) is 0 Å². The van der Waals surface area contributed by atoms with Gasteiger partial charge in [0.1, 0.15) is 17.2 Å². The second-order valence-corrected chi connectivity index (χ2v) is 11.2. The summed E-state index contributed by atoms with van der Waals surface area (Å²) in [5.74, 6) is 0.857. The lowest BCUT2D eigenvalue weighted by molar-refractivity contribution is 0.0531. The Balaban J connectivity index is 1.40. The van der Waals surface area contributed by atoms with Crippen molar-refractivity contribution < 1.29 is 9.90 Å². The van der Waals surface area contributed by atoms with Gasteiger partial charge < -0.3 is 14.6 Å². The molecule has 1 amide bonds. The van der Waals surface area contributed by atoms with Crippen molar-refractivity contribution in [2.45, 2.75) is 76.8 Å². The fourth-order valence-electron chi connectivity index (χ4n) is 6.42. The molecule has 1 atom stereocenters. The number of rotatable bonds is 10. The Hall–Kier alpha value is -3.03. The summed E-state index contributed by atoms with van der Waals surface area (Å²) < 4.78 is 1.99. The van der Waals surface area contributed by atoms with E-state index in [9.17, 15) is 9.90 Å². The van der Waals surface area contributed by atoms with Crippen molar-refractivity contribution in [3.63, 3.8) is 0 Å². The number of nitrogens with zero attached hydrogens (tertiary/aromatic N) is 5. The van der Waals surface area contributed by atoms with E-state index >= 15 is 0 Å². The average molecular weight is 530 g/mol. The number of aryl methyl sites for hydroxylation is 1. The lowest BCUT2D eigenvalue weighted by Gasteiger charge is -2.39. The van der Waals surface area contributed by atoms with Crippen LogP contribution in [0, 0.1) is 0 Å². The van der Waals surface area contributed by atoms with Crippen molar-refractivity contribution >= 4 is 5.91 Å². The summed E-state index contributed by atoms with van der Waals surface area (Å²) in [5.41, 5.74) is 4.62. The van der Waals surface area contributed by atoms with Crippen LogP contribution in [0.5, 0.6) is 0 Å². The van der Waals surface area contributed by atoms with Crippen LogP contribution in [0.4, 0.5) is 0 Å². The Kier molecular flexibility index (Phi) is 9.09.